The fourth-order valence-electron chi connectivity index (χ4n) is 0.586. The summed E-state index contributed by atoms with van der Waals surface area (Å²) in [5.74, 6) is -0.000278. The third kappa shape index (κ3) is 1.89. The molecular formula is C4H8N4OS. The molecule has 1 saturated heterocycles. The second kappa shape index (κ2) is 2.89. The second-order valence-corrected chi connectivity index (χ2v) is 2.91. The number of nitrogens with zero attached hydrogens (tertiary/aromatic N) is 1. The van der Waals surface area contributed by atoms with Crippen molar-refractivity contribution in [2.24, 2.45) is 16.5 Å². The van der Waals surface area contributed by atoms with Gasteiger partial charge in [-0.2, -0.15) is 0 Å². The molecular weight excluding hydrogens is 152 g/mol. The van der Waals surface area contributed by atoms with E-state index in [0.717, 1.165) is 11.8 Å². The van der Waals surface area contributed by atoms with Crippen molar-refractivity contribution in [2.75, 3.05) is 6.54 Å². The van der Waals surface area contributed by atoms with Crippen LogP contribution in [0.4, 0.5) is 0 Å². The first kappa shape index (κ1) is 7.36. The van der Waals surface area contributed by atoms with Gasteiger partial charge in [0, 0.05) is 0 Å². The molecule has 0 aromatic heterocycles. The Kier molecular flexibility index (Phi) is 2.13. The van der Waals surface area contributed by atoms with Crippen LogP contribution in [-0.2, 0) is 4.79 Å². The number of carbonyl (C=O) groups is 1. The summed E-state index contributed by atoms with van der Waals surface area (Å²) >= 11 is 1.10. The van der Waals surface area contributed by atoms with E-state index >= 15 is 0 Å². The monoisotopic (exact) mass is 160 g/mol. The highest BCUT2D eigenvalue weighted by molar-refractivity contribution is 8.14. The molecule has 0 aliphatic carbocycles. The minimum Gasteiger partial charge on any atom is -0.370 e. The van der Waals surface area contributed by atoms with E-state index in [1.807, 2.05) is 0 Å². The number of rotatable bonds is 1. The molecule has 1 aliphatic rings. The smallest absolute Gasteiger partial charge is 0.206 e. The largest absolute Gasteiger partial charge is 0.370 e. The summed E-state index contributed by atoms with van der Waals surface area (Å²) < 4.78 is 0. The molecule has 1 fully saturated rings. The molecule has 6 heteroatoms. The number of nitrogens with two attached hydrogens (primary N) is 2. The van der Waals surface area contributed by atoms with E-state index in [0.29, 0.717) is 6.54 Å². The zero-order valence-corrected chi connectivity index (χ0v) is 6.02. The van der Waals surface area contributed by atoms with Crippen molar-refractivity contribution in [1.29, 1.82) is 0 Å². The van der Waals surface area contributed by atoms with Crippen LogP contribution in [0.15, 0.2) is 4.99 Å². The first-order chi connectivity index (χ1) is 4.68. The highest BCUT2D eigenvalue weighted by atomic mass is 32.2. The zero-order chi connectivity index (χ0) is 7.56. The molecule has 1 heterocycles. The number of aliphatic imine (C=N–C) groups is 1. The van der Waals surface area contributed by atoms with E-state index in [1.165, 1.54) is 0 Å². The second-order valence-electron chi connectivity index (χ2n) is 1.78. The summed E-state index contributed by atoms with van der Waals surface area (Å²) in [7, 11) is 0. The Hall–Kier alpha value is -0.750. The number of carbonyl (C=O) groups excluding carboxylic acids is 1. The van der Waals surface area contributed by atoms with Gasteiger partial charge in [-0.25, -0.2) is 4.99 Å². The van der Waals surface area contributed by atoms with Gasteiger partial charge >= 0.3 is 0 Å². The van der Waals surface area contributed by atoms with Crippen LogP contribution in [0.2, 0.25) is 0 Å². The van der Waals surface area contributed by atoms with Crippen LogP contribution in [0.1, 0.15) is 0 Å². The average molecular weight is 160 g/mol. The lowest BCUT2D eigenvalue weighted by atomic mass is 10.7. The molecule has 0 bridgehead atoms. The molecule has 0 amide bonds. The molecule has 56 valence electrons. The lowest BCUT2D eigenvalue weighted by Crippen LogP contribution is -2.28. The average Bonchev–Trinajstić information content (AvgIpc) is 2.13. The van der Waals surface area contributed by atoms with Gasteiger partial charge in [-0.05, 0) is 11.8 Å². The van der Waals surface area contributed by atoms with Crippen molar-refractivity contribution >= 4 is 22.8 Å². The number of hydrogen-bond donors (Lipinski definition) is 3. The maximum Gasteiger partial charge on any atom is 0.206 e. The van der Waals surface area contributed by atoms with Crippen LogP contribution in [-0.4, -0.2) is 23.1 Å². The quantitative estimate of drug-likeness (QED) is 0.317. The molecule has 5 nitrogen and oxygen atoms in total. The summed E-state index contributed by atoms with van der Waals surface area (Å²) in [6.07, 6.45) is 0. The molecule has 0 spiro atoms. The Morgan fingerprint density at radius 1 is 1.80 bits per heavy atom. The SMILES string of the molecule is NC(N)=NC1NCC(=O)S1. The Balaban J connectivity index is 2.46. The lowest BCUT2D eigenvalue weighted by molar-refractivity contribution is -0.109. The summed E-state index contributed by atoms with van der Waals surface area (Å²) in [6.45, 7) is 0.339. The molecule has 5 N–H and O–H groups in total. The van der Waals surface area contributed by atoms with Crippen molar-refractivity contribution in [1.82, 2.24) is 5.32 Å². The van der Waals surface area contributed by atoms with Gasteiger partial charge in [-0.1, -0.05) is 0 Å². The van der Waals surface area contributed by atoms with Crippen LogP contribution < -0.4 is 16.8 Å². The molecule has 0 aromatic rings. The highest BCUT2D eigenvalue weighted by Gasteiger charge is 2.20. The Bertz CT molecular complexity index is 176. The number of thioether (sulfide) groups is 1. The van der Waals surface area contributed by atoms with Gasteiger partial charge < -0.3 is 11.5 Å². The summed E-state index contributed by atoms with van der Waals surface area (Å²) in [5.41, 5.74) is 9.88. The summed E-state index contributed by atoms with van der Waals surface area (Å²) in [5, 5.41) is 2.87. The van der Waals surface area contributed by atoms with Gasteiger partial charge in [0.15, 0.2) is 11.5 Å². The van der Waals surface area contributed by atoms with Gasteiger partial charge in [-0.3, -0.25) is 10.1 Å². The van der Waals surface area contributed by atoms with Gasteiger partial charge in [0.05, 0.1) is 6.54 Å². The predicted molar refractivity (Wildman–Crippen MR) is 40.2 cm³/mol. The maximum absolute atomic E-state index is 10.6. The van der Waals surface area contributed by atoms with Gasteiger partial charge in [0.1, 0.15) is 0 Å². The van der Waals surface area contributed by atoms with E-state index in [2.05, 4.69) is 10.3 Å². The van der Waals surface area contributed by atoms with Crippen molar-refractivity contribution in [3.05, 3.63) is 0 Å². The van der Waals surface area contributed by atoms with Crippen LogP contribution in [0.3, 0.4) is 0 Å². The van der Waals surface area contributed by atoms with Crippen molar-refractivity contribution in [2.45, 2.75) is 5.50 Å². The molecule has 0 saturated carbocycles. The van der Waals surface area contributed by atoms with Crippen LogP contribution >= 0.6 is 11.8 Å². The minimum absolute atomic E-state index is 0.000278. The van der Waals surface area contributed by atoms with Gasteiger partial charge in [0.25, 0.3) is 0 Å². The first-order valence-corrected chi connectivity index (χ1v) is 3.58. The van der Waals surface area contributed by atoms with Gasteiger partial charge in [0.2, 0.25) is 5.12 Å². The van der Waals surface area contributed by atoms with E-state index in [4.69, 9.17) is 11.5 Å². The first-order valence-electron chi connectivity index (χ1n) is 2.70. The molecule has 1 unspecified atom stereocenters. The molecule has 10 heavy (non-hydrogen) atoms. The Morgan fingerprint density at radius 3 is 2.90 bits per heavy atom. The van der Waals surface area contributed by atoms with E-state index in [1.54, 1.807) is 0 Å². The fraction of sp³-hybridized carbons (Fsp3) is 0.500. The highest BCUT2D eigenvalue weighted by Crippen LogP contribution is 2.15. The van der Waals surface area contributed by atoms with Crippen molar-refractivity contribution in [3.63, 3.8) is 0 Å². The van der Waals surface area contributed by atoms with E-state index in [9.17, 15) is 4.79 Å². The third-order valence-corrected chi connectivity index (χ3v) is 1.83. The summed E-state index contributed by atoms with van der Waals surface area (Å²) in [6, 6.07) is 0. The maximum atomic E-state index is 10.6. The number of guanidine groups is 1. The molecule has 0 aromatic carbocycles. The van der Waals surface area contributed by atoms with Crippen LogP contribution in [0.5, 0.6) is 0 Å². The van der Waals surface area contributed by atoms with Gasteiger partial charge in [-0.15, -0.1) is 0 Å². The molecule has 1 rings (SSSR count). The topological polar surface area (TPSA) is 93.5 Å². The van der Waals surface area contributed by atoms with E-state index < -0.39 is 0 Å². The minimum atomic E-state index is -0.280. The lowest BCUT2D eigenvalue weighted by Gasteiger charge is -1.99. The molecule has 0 radical (unpaired) electrons. The zero-order valence-electron chi connectivity index (χ0n) is 5.20. The van der Waals surface area contributed by atoms with E-state index in [-0.39, 0.29) is 16.6 Å². The van der Waals surface area contributed by atoms with Crippen LogP contribution in [0, 0.1) is 0 Å². The number of nitrogens with one attached hydrogen (secondary N) is 1. The van der Waals surface area contributed by atoms with Crippen molar-refractivity contribution in [3.8, 4) is 0 Å². The molecule has 1 atom stereocenters. The third-order valence-electron chi connectivity index (χ3n) is 0.930. The fourth-order valence-corrected chi connectivity index (χ4v) is 1.34. The Morgan fingerprint density at radius 2 is 2.50 bits per heavy atom. The standard InChI is InChI=1S/C4H8N4OS/c5-3(6)8-4-7-1-2(9)10-4/h4,7H,1H2,(H4,5,6,8). The van der Waals surface area contributed by atoms with Crippen molar-refractivity contribution < 1.29 is 4.79 Å². The number of hydrogen-bond acceptors (Lipinski definition) is 4. The normalized spacial score (nSPS) is 24.8. The Labute approximate surface area is 62.2 Å². The predicted octanol–water partition coefficient (Wildman–Crippen LogP) is -1.59. The molecule has 1 aliphatic heterocycles. The summed E-state index contributed by atoms with van der Waals surface area (Å²) in [4.78, 5) is 14.3. The van der Waals surface area contributed by atoms with Crippen LogP contribution in [0.25, 0.3) is 0 Å².